The van der Waals surface area contributed by atoms with Crippen molar-refractivity contribution >= 4 is 0 Å². The Labute approximate surface area is 142 Å². The molecule has 1 atom stereocenters. The number of likely N-dealkylation sites (tertiary alicyclic amines) is 1. The van der Waals surface area contributed by atoms with E-state index in [2.05, 4.69) is 23.1 Å². The van der Waals surface area contributed by atoms with Gasteiger partial charge in [0.25, 0.3) is 0 Å². The molecule has 128 valence electrons. The Morgan fingerprint density at radius 2 is 1.61 bits per heavy atom. The molecule has 1 heterocycles. The first-order valence-corrected chi connectivity index (χ1v) is 9.34. The van der Waals surface area contributed by atoms with Crippen LogP contribution in [0.1, 0.15) is 68.7 Å². The topological polar surface area (TPSA) is 23.5 Å². The zero-order valence-electron chi connectivity index (χ0n) is 14.9. The van der Waals surface area contributed by atoms with Crippen LogP contribution in [-0.2, 0) is 12.8 Å². The van der Waals surface area contributed by atoms with Crippen LogP contribution in [-0.4, -0.2) is 29.6 Å². The molecule has 1 N–H and O–H groups in total. The summed E-state index contributed by atoms with van der Waals surface area (Å²) in [5, 5.41) is 10.5. The summed E-state index contributed by atoms with van der Waals surface area (Å²) in [6.07, 6.45) is 12.7. The zero-order chi connectivity index (χ0) is 16.5. The van der Waals surface area contributed by atoms with Gasteiger partial charge in [0.05, 0.1) is 6.10 Å². The fourth-order valence-electron chi connectivity index (χ4n) is 3.47. The molecule has 1 saturated heterocycles. The van der Waals surface area contributed by atoms with Gasteiger partial charge in [-0.1, -0.05) is 43.2 Å². The summed E-state index contributed by atoms with van der Waals surface area (Å²) in [5.41, 5.74) is 4.07. The third-order valence-corrected chi connectivity index (χ3v) is 4.97. The minimum absolute atomic E-state index is 0.316. The van der Waals surface area contributed by atoms with Crippen LogP contribution >= 0.6 is 0 Å². The first kappa shape index (κ1) is 18.2. The molecule has 2 nitrogen and oxygen atoms in total. The summed E-state index contributed by atoms with van der Waals surface area (Å²) in [6.45, 7) is 7.11. The summed E-state index contributed by atoms with van der Waals surface area (Å²) in [4.78, 5) is 2.44. The highest BCUT2D eigenvalue weighted by Crippen LogP contribution is 2.26. The Balaban J connectivity index is 0.000000433. The molecule has 1 aliphatic heterocycles. The van der Waals surface area contributed by atoms with Gasteiger partial charge in [-0.3, -0.25) is 0 Å². The molecule has 23 heavy (non-hydrogen) atoms. The Bertz CT molecular complexity index is 483. The lowest BCUT2D eigenvalue weighted by Crippen LogP contribution is -2.29. The smallest absolute Gasteiger partial charge is 0.0917 e. The van der Waals surface area contributed by atoms with Crippen LogP contribution in [0.5, 0.6) is 0 Å². The molecular formula is C21H33NO. The first-order chi connectivity index (χ1) is 11.2. The number of nitrogens with zero attached hydrogens (tertiary/aromatic N) is 1. The maximum Gasteiger partial charge on any atom is 0.0917 e. The van der Waals surface area contributed by atoms with E-state index in [1.807, 2.05) is 26.0 Å². The molecule has 0 bridgehead atoms. The van der Waals surface area contributed by atoms with Crippen molar-refractivity contribution in [2.24, 2.45) is 0 Å². The molecular weight excluding hydrogens is 282 g/mol. The molecule has 1 fully saturated rings. The molecule has 2 aliphatic rings. The highest BCUT2D eigenvalue weighted by atomic mass is 16.3. The maximum absolute atomic E-state index is 10.5. The molecule has 1 unspecified atom stereocenters. The minimum Gasteiger partial charge on any atom is -0.387 e. The number of aliphatic hydroxyl groups is 1. The van der Waals surface area contributed by atoms with Gasteiger partial charge in [0.2, 0.25) is 0 Å². The SMILES string of the molecule is C/C=C\C.OC(CN1CCCCCC1)c1ccc2c(c1)CCC2. The number of β-amino-alcohol motifs (C(OH)–C–C–N with tert-alkyl or cyclic N) is 1. The largest absolute Gasteiger partial charge is 0.387 e. The number of allylic oxidation sites excluding steroid dienone is 2. The van der Waals surface area contributed by atoms with Crippen LogP contribution in [0.25, 0.3) is 0 Å². The van der Waals surface area contributed by atoms with E-state index in [-0.39, 0.29) is 6.10 Å². The predicted molar refractivity (Wildman–Crippen MR) is 98.8 cm³/mol. The summed E-state index contributed by atoms with van der Waals surface area (Å²) in [6, 6.07) is 6.60. The monoisotopic (exact) mass is 315 g/mol. The lowest BCUT2D eigenvalue weighted by atomic mass is 10.0. The number of aryl methyl sites for hydroxylation is 2. The van der Waals surface area contributed by atoms with Crippen LogP contribution in [0.4, 0.5) is 0 Å². The summed E-state index contributed by atoms with van der Waals surface area (Å²) in [7, 11) is 0. The molecule has 0 amide bonds. The van der Waals surface area contributed by atoms with Crippen molar-refractivity contribution < 1.29 is 5.11 Å². The number of rotatable bonds is 3. The number of fused-ring (bicyclic) bond motifs is 1. The number of benzene rings is 1. The fraction of sp³-hybridized carbons (Fsp3) is 0.619. The van der Waals surface area contributed by atoms with Crippen molar-refractivity contribution in [2.45, 2.75) is 64.9 Å². The Hall–Kier alpha value is -1.12. The second-order valence-corrected chi connectivity index (χ2v) is 6.78. The highest BCUT2D eigenvalue weighted by molar-refractivity contribution is 5.36. The van der Waals surface area contributed by atoms with Crippen molar-refractivity contribution in [3.8, 4) is 0 Å². The van der Waals surface area contributed by atoms with E-state index in [4.69, 9.17) is 0 Å². The Kier molecular flexibility index (Phi) is 7.84. The van der Waals surface area contributed by atoms with Crippen molar-refractivity contribution in [1.82, 2.24) is 4.90 Å². The van der Waals surface area contributed by atoms with Crippen LogP contribution in [0.15, 0.2) is 30.4 Å². The molecule has 0 radical (unpaired) electrons. The molecule has 1 aliphatic carbocycles. The average molecular weight is 316 g/mol. The van der Waals surface area contributed by atoms with Crippen molar-refractivity contribution in [3.63, 3.8) is 0 Å². The zero-order valence-corrected chi connectivity index (χ0v) is 14.9. The van der Waals surface area contributed by atoms with Gasteiger partial charge < -0.3 is 10.0 Å². The van der Waals surface area contributed by atoms with Gasteiger partial charge >= 0.3 is 0 Å². The van der Waals surface area contributed by atoms with Gasteiger partial charge in [-0.05, 0) is 75.7 Å². The Morgan fingerprint density at radius 1 is 0.957 bits per heavy atom. The molecule has 0 spiro atoms. The average Bonchev–Trinajstić information content (AvgIpc) is 2.90. The third kappa shape index (κ3) is 5.78. The van der Waals surface area contributed by atoms with E-state index in [1.165, 1.54) is 56.1 Å². The first-order valence-electron chi connectivity index (χ1n) is 9.34. The Morgan fingerprint density at radius 3 is 2.26 bits per heavy atom. The van der Waals surface area contributed by atoms with Crippen LogP contribution in [0, 0.1) is 0 Å². The lowest BCUT2D eigenvalue weighted by molar-refractivity contribution is 0.115. The van der Waals surface area contributed by atoms with E-state index in [0.29, 0.717) is 0 Å². The maximum atomic E-state index is 10.5. The molecule has 0 aromatic heterocycles. The lowest BCUT2D eigenvalue weighted by Gasteiger charge is -2.23. The van der Waals surface area contributed by atoms with Crippen molar-refractivity contribution in [2.75, 3.05) is 19.6 Å². The molecule has 1 aromatic carbocycles. The molecule has 2 heteroatoms. The van der Waals surface area contributed by atoms with E-state index in [0.717, 1.165) is 25.2 Å². The molecule has 0 saturated carbocycles. The number of hydrogen-bond acceptors (Lipinski definition) is 2. The van der Waals surface area contributed by atoms with Gasteiger partial charge in [-0.15, -0.1) is 0 Å². The van der Waals surface area contributed by atoms with Crippen LogP contribution in [0.3, 0.4) is 0 Å². The van der Waals surface area contributed by atoms with E-state index >= 15 is 0 Å². The summed E-state index contributed by atoms with van der Waals surface area (Å²) in [5.74, 6) is 0. The molecule has 3 rings (SSSR count). The van der Waals surface area contributed by atoms with Crippen molar-refractivity contribution in [1.29, 1.82) is 0 Å². The summed E-state index contributed by atoms with van der Waals surface area (Å²) >= 11 is 0. The van der Waals surface area contributed by atoms with Gasteiger partial charge in [0.1, 0.15) is 0 Å². The second kappa shape index (κ2) is 9.89. The molecule has 1 aromatic rings. The number of hydrogen-bond donors (Lipinski definition) is 1. The van der Waals surface area contributed by atoms with Gasteiger partial charge in [0, 0.05) is 6.54 Å². The van der Waals surface area contributed by atoms with Crippen molar-refractivity contribution in [3.05, 3.63) is 47.0 Å². The van der Waals surface area contributed by atoms with E-state index in [9.17, 15) is 5.11 Å². The highest BCUT2D eigenvalue weighted by Gasteiger charge is 2.17. The number of aliphatic hydroxyl groups excluding tert-OH is 1. The van der Waals surface area contributed by atoms with E-state index < -0.39 is 0 Å². The third-order valence-electron chi connectivity index (χ3n) is 4.97. The van der Waals surface area contributed by atoms with Crippen LogP contribution in [0.2, 0.25) is 0 Å². The normalized spacial score (nSPS) is 19.8. The van der Waals surface area contributed by atoms with Gasteiger partial charge in [-0.2, -0.15) is 0 Å². The van der Waals surface area contributed by atoms with Gasteiger partial charge in [0.15, 0.2) is 0 Å². The second-order valence-electron chi connectivity index (χ2n) is 6.78. The minimum atomic E-state index is -0.316. The summed E-state index contributed by atoms with van der Waals surface area (Å²) < 4.78 is 0. The predicted octanol–water partition coefficient (Wildman–Crippen LogP) is 4.67. The standard InChI is InChI=1S/C17H25NO.C4H8/c19-17(13-18-10-3-1-2-4-11-18)16-9-8-14-6-5-7-15(14)12-16;1-3-4-2/h8-9,12,17,19H,1-7,10-11,13H2;3-4H,1-2H3/b;4-3-. The van der Waals surface area contributed by atoms with Gasteiger partial charge in [-0.25, -0.2) is 0 Å². The van der Waals surface area contributed by atoms with Crippen LogP contribution < -0.4 is 0 Å². The fourth-order valence-corrected chi connectivity index (χ4v) is 3.47. The van der Waals surface area contributed by atoms with E-state index in [1.54, 1.807) is 0 Å². The quantitative estimate of drug-likeness (QED) is 0.820.